The van der Waals surface area contributed by atoms with Crippen LogP contribution in [0.5, 0.6) is 0 Å². The Kier molecular flexibility index (Phi) is 4.83. The van der Waals surface area contributed by atoms with Gasteiger partial charge in [-0.3, -0.25) is 4.79 Å². The largest absolute Gasteiger partial charge is 0.340 e. The smallest absolute Gasteiger partial charge is 0.238 e. The molecule has 0 aliphatic carbocycles. The van der Waals surface area contributed by atoms with Crippen LogP contribution >= 0.6 is 15.9 Å². The minimum atomic E-state index is -0.507. The highest BCUT2D eigenvalue weighted by Gasteiger charge is 2.27. The molecule has 0 aliphatic heterocycles. The first-order chi connectivity index (χ1) is 8.51. The van der Waals surface area contributed by atoms with Gasteiger partial charge in [-0.1, -0.05) is 61.0 Å². The summed E-state index contributed by atoms with van der Waals surface area (Å²) >= 11 is 3.40. The monoisotopic (exact) mass is 325 g/mol. The normalized spacial score (nSPS) is 12.4. The molecule has 0 aliphatic rings. The molecule has 0 atom stereocenters. The number of nitrogens with zero attached hydrogens (tertiary/aromatic N) is 1. The highest BCUT2D eigenvalue weighted by molar-refractivity contribution is 9.10. The van der Waals surface area contributed by atoms with Gasteiger partial charge < -0.3 is 4.90 Å². The Hall–Kier alpha value is -0.830. The summed E-state index contributed by atoms with van der Waals surface area (Å²) < 4.78 is -0.507. The SMILES string of the molecule is CN(Cc1ccc(C(C)(C)C)cc1)C(=O)C(C)(C)Br. The van der Waals surface area contributed by atoms with E-state index in [4.69, 9.17) is 0 Å². The molecule has 0 saturated carbocycles. The maximum atomic E-state index is 12.1. The molecule has 106 valence electrons. The third-order valence-corrected chi connectivity index (χ3v) is 3.43. The van der Waals surface area contributed by atoms with E-state index in [1.165, 1.54) is 5.56 Å². The number of benzene rings is 1. The lowest BCUT2D eigenvalue weighted by Gasteiger charge is -2.25. The number of amides is 1. The van der Waals surface area contributed by atoms with Crippen molar-refractivity contribution in [2.24, 2.45) is 0 Å². The first-order valence-corrected chi connectivity index (χ1v) is 7.35. The van der Waals surface area contributed by atoms with Crippen LogP contribution in [0.2, 0.25) is 0 Å². The molecule has 1 rings (SSSR count). The van der Waals surface area contributed by atoms with Crippen molar-refractivity contribution in [1.82, 2.24) is 4.90 Å². The average molecular weight is 326 g/mol. The zero-order valence-electron chi connectivity index (χ0n) is 12.7. The Morgan fingerprint density at radius 1 is 1.11 bits per heavy atom. The second-order valence-corrected chi connectivity index (χ2v) is 8.56. The molecule has 3 heteroatoms. The van der Waals surface area contributed by atoms with E-state index in [0.29, 0.717) is 6.54 Å². The predicted molar refractivity (Wildman–Crippen MR) is 84.6 cm³/mol. The lowest BCUT2D eigenvalue weighted by molar-refractivity contribution is -0.131. The van der Waals surface area contributed by atoms with Gasteiger partial charge in [-0.2, -0.15) is 0 Å². The Labute approximate surface area is 125 Å². The molecule has 19 heavy (non-hydrogen) atoms. The highest BCUT2D eigenvalue weighted by Crippen LogP contribution is 2.23. The van der Waals surface area contributed by atoms with Crippen molar-refractivity contribution in [2.45, 2.75) is 50.9 Å². The molecule has 0 heterocycles. The van der Waals surface area contributed by atoms with Crippen LogP contribution in [0.15, 0.2) is 24.3 Å². The minimum Gasteiger partial charge on any atom is -0.340 e. The lowest BCUT2D eigenvalue weighted by atomic mass is 9.87. The average Bonchev–Trinajstić information content (AvgIpc) is 2.26. The Balaban J connectivity index is 2.77. The summed E-state index contributed by atoms with van der Waals surface area (Å²) in [6.45, 7) is 11.0. The summed E-state index contributed by atoms with van der Waals surface area (Å²) in [5.41, 5.74) is 2.63. The molecule has 0 unspecified atom stereocenters. The predicted octanol–water partition coefficient (Wildman–Crippen LogP) is 4.12. The van der Waals surface area contributed by atoms with E-state index in [0.717, 1.165) is 5.56 Å². The van der Waals surface area contributed by atoms with Gasteiger partial charge in [0.2, 0.25) is 5.91 Å². The molecule has 1 aromatic carbocycles. The fraction of sp³-hybridized carbons (Fsp3) is 0.562. The topological polar surface area (TPSA) is 20.3 Å². The van der Waals surface area contributed by atoms with Crippen molar-refractivity contribution in [3.05, 3.63) is 35.4 Å². The zero-order valence-corrected chi connectivity index (χ0v) is 14.3. The molecular weight excluding hydrogens is 302 g/mol. The molecule has 1 amide bonds. The Morgan fingerprint density at radius 3 is 1.95 bits per heavy atom. The maximum absolute atomic E-state index is 12.1. The Bertz CT molecular complexity index is 437. The molecule has 0 spiro atoms. The van der Waals surface area contributed by atoms with Crippen LogP contribution in [0.25, 0.3) is 0 Å². The fourth-order valence-electron chi connectivity index (χ4n) is 1.91. The fourth-order valence-corrected chi connectivity index (χ4v) is 2.21. The molecule has 2 nitrogen and oxygen atoms in total. The first-order valence-electron chi connectivity index (χ1n) is 6.56. The highest BCUT2D eigenvalue weighted by atomic mass is 79.9. The third kappa shape index (κ3) is 4.64. The molecule has 0 saturated heterocycles. The molecule has 0 radical (unpaired) electrons. The van der Waals surface area contributed by atoms with Crippen LogP contribution in [-0.2, 0) is 16.8 Å². The quantitative estimate of drug-likeness (QED) is 0.765. The summed E-state index contributed by atoms with van der Waals surface area (Å²) in [6, 6.07) is 8.50. The molecule has 0 fully saturated rings. The third-order valence-electron chi connectivity index (χ3n) is 3.09. The van der Waals surface area contributed by atoms with Crippen molar-refractivity contribution in [2.75, 3.05) is 7.05 Å². The number of carbonyl (C=O) groups is 1. The number of carbonyl (C=O) groups excluding carboxylic acids is 1. The van der Waals surface area contributed by atoms with E-state index in [2.05, 4.69) is 61.0 Å². The van der Waals surface area contributed by atoms with Gasteiger partial charge >= 0.3 is 0 Å². The van der Waals surface area contributed by atoms with Crippen molar-refractivity contribution in [3.8, 4) is 0 Å². The minimum absolute atomic E-state index is 0.0902. The van der Waals surface area contributed by atoms with Crippen LogP contribution < -0.4 is 0 Å². The summed E-state index contributed by atoms with van der Waals surface area (Å²) in [5.74, 6) is 0.0902. The van der Waals surface area contributed by atoms with Crippen molar-refractivity contribution in [3.63, 3.8) is 0 Å². The summed E-state index contributed by atoms with van der Waals surface area (Å²) in [7, 11) is 1.84. The van der Waals surface area contributed by atoms with Gasteiger partial charge in [-0.15, -0.1) is 0 Å². The maximum Gasteiger partial charge on any atom is 0.238 e. The van der Waals surface area contributed by atoms with Gasteiger partial charge in [0.1, 0.15) is 0 Å². The molecule has 0 aromatic heterocycles. The van der Waals surface area contributed by atoms with Crippen LogP contribution in [0.1, 0.15) is 45.7 Å². The van der Waals surface area contributed by atoms with Gasteiger partial charge in [-0.25, -0.2) is 0 Å². The van der Waals surface area contributed by atoms with Crippen LogP contribution in [0, 0.1) is 0 Å². The number of rotatable bonds is 3. The van der Waals surface area contributed by atoms with E-state index >= 15 is 0 Å². The van der Waals surface area contributed by atoms with E-state index in [-0.39, 0.29) is 11.3 Å². The first kappa shape index (κ1) is 16.2. The standard InChI is InChI=1S/C16H24BrNO/c1-15(2,3)13-9-7-12(8-10-13)11-18(6)14(19)16(4,5)17/h7-10H,11H2,1-6H3. The van der Waals surface area contributed by atoms with E-state index < -0.39 is 4.32 Å². The molecule has 0 bridgehead atoms. The van der Waals surface area contributed by atoms with Crippen LogP contribution in [0.4, 0.5) is 0 Å². The van der Waals surface area contributed by atoms with Crippen molar-refractivity contribution >= 4 is 21.8 Å². The number of hydrogen-bond donors (Lipinski definition) is 0. The summed E-state index contributed by atoms with van der Waals surface area (Å²) in [6.07, 6.45) is 0. The molecular formula is C16H24BrNO. The van der Waals surface area contributed by atoms with E-state index in [9.17, 15) is 4.79 Å². The molecule has 0 N–H and O–H groups in total. The van der Waals surface area contributed by atoms with Gasteiger partial charge in [0.05, 0.1) is 4.32 Å². The summed E-state index contributed by atoms with van der Waals surface area (Å²) in [4.78, 5) is 13.8. The van der Waals surface area contributed by atoms with Crippen LogP contribution in [-0.4, -0.2) is 22.2 Å². The van der Waals surface area contributed by atoms with Crippen molar-refractivity contribution in [1.29, 1.82) is 0 Å². The number of hydrogen-bond acceptors (Lipinski definition) is 1. The van der Waals surface area contributed by atoms with Gasteiger partial charge in [-0.05, 0) is 30.4 Å². The van der Waals surface area contributed by atoms with Gasteiger partial charge in [0.25, 0.3) is 0 Å². The van der Waals surface area contributed by atoms with Gasteiger partial charge in [0.15, 0.2) is 0 Å². The van der Waals surface area contributed by atoms with Crippen LogP contribution in [0.3, 0.4) is 0 Å². The zero-order chi connectivity index (χ0) is 14.8. The van der Waals surface area contributed by atoms with Crippen molar-refractivity contribution < 1.29 is 4.79 Å². The number of halogens is 1. The lowest BCUT2D eigenvalue weighted by Crippen LogP contribution is -2.38. The summed E-state index contributed by atoms with van der Waals surface area (Å²) in [5, 5.41) is 0. The Morgan fingerprint density at radius 2 is 1.58 bits per heavy atom. The van der Waals surface area contributed by atoms with Gasteiger partial charge in [0, 0.05) is 13.6 Å². The number of alkyl halides is 1. The second-order valence-electron chi connectivity index (χ2n) is 6.58. The van der Waals surface area contributed by atoms with E-state index in [1.807, 2.05) is 20.9 Å². The van der Waals surface area contributed by atoms with E-state index in [1.54, 1.807) is 4.90 Å². The second kappa shape index (κ2) is 5.66. The molecule has 1 aromatic rings.